The van der Waals surface area contributed by atoms with Crippen LogP contribution in [0, 0.1) is 0 Å². The number of rotatable bonds is 8. The largest absolute Gasteiger partial charge is 0.311 e. The van der Waals surface area contributed by atoms with Gasteiger partial charge in [0.05, 0.1) is 11.0 Å². The Morgan fingerprint density at radius 1 is 0.304 bits per heavy atom. The molecule has 0 unspecified atom stereocenters. The van der Waals surface area contributed by atoms with E-state index in [9.17, 15) is 0 Å². The Balaban J connectivity index is 1.05. The van der Waals surface area contributed by atoms with Crippen molar-refractivity contribution in [2.45, 2.75) is 0 Å². The van der Waals surface area contributed by atoms with E-state index < -0.39 is 0 Å². The molecule has 2 heterocycles. The molecule has 264 valence electrons. The predicted molar refractivity (Wildman–Crippen MR) is 231 cm³/mol. The summed E-state index contributed by atoms with van der Waals surface area (Å²) in [5.41, 5.74) is 11.7. The number of fused-ring (bicyclic) bond motifs is 3. The Labute approximate surface area is 325 Å². The van der Waals surface area contributed by atoms with E-state index in [1.807, 2.05) is 18.2 Å². The minimum Gasteiger partial charge on any atom is -0.311 e. The second kappa shape index (κ2) is 14.3. The molecule has 5 nitrogen and oxygen atoms in total. The van der Waals surface area contributed by atoms with Crippen molar-refractivity contribution in [1.29, 1.82) is 0 Å². The molecule has 8 aromatic carbocycles. The van der Waals surface area contributed by atoms with Crippen LogP contribution in [-0.2, 0) is 0 Å². The Bertz CT molecular complexity index is 2850. The van der Waals surface area contributed by atoms with E-state index in [-0.39, 0.29) is 0 Å². The van der Waals surface area contributed by atoms with Crippen molar-refractivity contribution in [3.63, 3.8) is 0 Å². The fraction of sp³-hybridized carbons (Fsp3) is 0. The fourth-order valence-electron chi connectivity index (χ4n) is 7.55. The van der Waals surface area contributed by atoms with Gasteiger partial charge in [0.1, 0.15) is 0 Å². The fourth-order valence-corrected chi connectivity index (χ4v) is 7.55. The molecule has 0 fully saturated rings. The van der Waals surface area contributed by atoms with Crippen LogP contribution in [0.5, 0.6) is 0 Å². The summed E-state index contributed by atoms with van der Waals surface area (Å²) in [6.07, 6.45) is 0. The van der Waals surface area contributed by atoms with E-state index in [2.05, 4.69) is 204 Å². The molecule has 0 amide bonds. The zero-order valence-electron chi connectivity index (χ0n) is 30.4. The quantitative estimate of drug-likeness (QED) is 0.157. The van der Waals surface area contributed by atoms with E-state index in [4.69, 9.17) is 15.0 Å². The topological polar surface area (TPSA) is 46.8 Å². The maximum Gasteiger partial charge on any atom is 0.238 e. The van der Waals surface area contributed by atoms with Gasteiger partial charge in [0.2, 0.25) is 5.95 Å². The summed E-state index contributed by atoms with van der Waals surface area (Å²) in [6.45, 7) is 0. The van der Waals surface area contributed by atoms with Crippen molar-refractivity contribution < 1.29 is 0 Å². The van der Waals surface area contributed by atoms with Crippen molar-refractivity contribution in [2.75, 3.05) is 4.90 Å². The zero-order chi connectivity index (χ0) is 37.3. The van der Waals surface area contributed by atoms with E-state index in [0.29, 0.717) is 17.6 Å². The van der Waals surface area contributed by atoms with Crippen LogP contribution >= 0.6 is 0 Å². The number of nitrogens with zero attached hydrogens (tertiary/aromatic N) is 5. The molecular weight excluding hydrogens is 683 g/mol. The number of para-hydroxylation sites is 4. The van der Waals surface area contributed by atoms with Crippen molar-refractivity contribution >= 4 is 38.9 Å². The third-order valence-corrected chi connectivity index (χ3v) is 10.3. The minimum absolute atomic E-state index is 0.577. The Hall–Kier alpha value is -7.63. The first kappa shape index (κ1) is 33.0. The lowest BCUT2D eigenvalue weighted by Gasteiger charge is -2.25. The molecule has 5 heteroatoms. The average Bonchev–Trinajstić information content (AvgIpc) is 3.62. The lowest BCUT2D eigenvalue weighted by Crippen LogP contribution is -2.09. The second-order valence-corrected chi connectivity index (χ2v) is 13.7. The number of benzene rings is 8. The molecule has 0 spiro atoms. The van der Waals surface area contributed by atoms with Gasteiger partial charge in [-0.2, -0.15) is 9.97 Å². The first-order valence-electron chi connectivity index (χ1n) is 18.8. The van der Waals surface area contributed by atoms with Crippen molar-refractivity contribution in [3.05, 3.63) is 212 Å². The zero-order valence-corrected chi connectivity index (χ0v) is 30.4. The summed E-state index contributed by atoms with van der Waals surface area (Å²) in [5.74, 6) is 1.81. The lowest BCUT2D eigenvalue weighted by molar-refractivity contribution is 0.953. The highest BCUT2D eigenvalue weighted by atomic mass is 15.2. The molecule has 0 atom stereocenters. The highest BCUT2D eigenvalue weighted by Gasteiger charge is 2.18. The smallest absolute Gasteiger partial charge is 0.238 e. The summed E-state index contributed by atoms with van der Waals surface area (Å²) >= 11 is 0. The first-order chi connectivity index (χ1) is 27.8. The van der Waals surface area contributed by atoms with E-state index in [1.54, 1.807) is 0 Å². The standard InChI is InChI=1S/C51H35N5/c1-4-15-36(16-5-1)40-17-14-18-41(35-40)50-52-49(53-51(54-50)56-47-25-12-10-23-45(47)46-24-11-13-26-48(46)56)39-29-27-37(28-30-39)38-31-33-44(34-32-38)55(42-19-6-2-7-20-42)43-21-8-3-9-22-43/h1-35H. The van der Waals surface area contributed by atoms with Gasteiger partial charge in [-0.15, -0.1) is 0 Å². The number of aromatic nitrogens is 4. The van der Waals surface area contributed by atoms with Gasteiger partial charge in [-0.25, -0.2) is 4.98 Å². The van der Waals surface area contributed by atoms with Gasteiger partial charge in [0.15, 0.2) is 11.6 Å². The summed E-state index contributed by atoms with van der Waals surface area (Å²) in [4.78, 5) is 17.8. The molecular formula is C51H35N5. The molecule has 0 radical (unpaired) electrons. The summed E-state index contributed by atoms with van der Waals surface area (Å²) in [7, 11) is 0. The van der Waals surface area contributed by atoms with Crippen molar-refractivity contribution in [3.8, 4) is 51.0 Å². The Morgan fingerprint density at radius 3 is 1.30 bits per heavy atom. The number of anilines is 3. The van der Waals surface area contributed by atoms with Crippen LogP contribution in [0.1, 0.15) is 0 Å². The third-order valence-electron chi connectivity index (χ3n) is 10.3. The summed E-state index contributed by atoms with van der Waals surface area (Å²) in [6, 6.07) is 73.9. The lowest BCUT2D eigenvalue weighted by atomic mass is 10.0. The SMILES string of the molecule is c1ccc(-c2cccc(-c3nc(-c4ccc(-c5ccc(N(c6ccccc6)c6ccccc6)cc5)cc4)nc(-n4c5ccccc5c5ccccc54)n3)c2)cc1. The van der Waals surface area contributed by atoms with Crippen LogP contribution in [0.3, 0.4) is 0 Å². The van der Waals surface area contributed by atoms with Gasteiger partial charge in [-0.1, -0.05) is 158 Å². The minimum atomic E-state index is 0.577. The van der Waals surface area contributed by atoms with Crippen LogP contribution in [0.2, 0.25) is 0 Å². The Kier molecular flexibility index (Phi) is 8.43. The molecule has 10 rings (SSSR count). The number of hydrogen-bond acceptors (Lipinski definition) is 4. The molecule has 56 heavy (non-hydrogen) atoms. The van der Waals surface area contributed by atoms with Crippen LogP contribution in [0.25, 0.3) is 72.8 Å². The van der Waals surface area contributed by atoms with Gasteiger partial charge in [-0.3, -0.25) is 4.57 Å². The maximum absolute atomic E-state index is 5.18. The van der Waals surface area contributed by atoms with Crippen molar-refractivity contribution in [2.24, 2.45) is 0 Å². The van der Waals surface area contributed by atoms with Crippen LogP contribution in [0.15, 0.2) is 212 Å². The van der Waals surface area contributed by atoms with Gasteiger partial charge in [0.25, 0.3) is 0 Å². The van der Waals surface area contributed by atoms with Gasteiger partial charge in [0, 0.05) is 39.0 Å². The van der Waals surface area contributed by atoms with Gasteiger partial charge in [-0.05, 0) is 76.9 Å². The van der Waals surface area contributed by atoms with Crippen LogP contribution < -0.4 is 4.90 Å². The first-order valence-corrected chi connectivity index (χ1v) is 18.8. The monoisotopic (exact) mass is 717 g/mol. The molecule has 0 N–H and O–H groups in total. The maximum atomic E-state index is 5.18. The second-order valence-electron chi connectivity index (χ2n) is 13.7. The summed E-state index contributed by atoms with van der Waals surface area (Å²) in [5, 5.41) is 2.31. The van der Waals surface area contributed by atoms with Crippen molar-refractivity contribution in [1.82, 2.24) is 19.5 Å². The van der Waals surface area contributed by atoms with Gasteiger partial charge < -0.3 is 4.90 Å². The molecule has 0 aliphatic carbocycles. The van der Waals surface area contributed by atoms with E-state index in [0.717, 1.165) is 72.2 Å². The average molecular weight is 718 g/mol. The van der Waals surface area contributed by atoms with Crippen LogP contribution in [0.4, 0.5) is 17.1 Å². The molecule has 0 saturated heterocycles. The van der Waals surface area contributed by atoms with E-state index >= 15 is 0 Å². The molecule has 2 aromatic heterocycles. The molecule has 0 aliphatic heterocycles. The summed E-state index contributed by atoms with van der Waals surface area (Å²) < 4.78 is 2.16. The highest BCUT2D eigenvalue weighted by Crippen LogP contribution is 2.36. The normalized spacial score (nSPS) is 11.2. The Morgan fingerprint density at radius 2 is 0.714 bits per heavy atom. The molecule has 0 bridgehead atoms. The molecule has 0 aliphatic rings. The predicted octanol–water partition coefficient (Wildman–Crippen LogP) is 13.1. The van der Waals surface area contributed by atoms with E-state index in [1.165, 1.54) is 0 Å². The van der Waals surface area contributed by atoms with Crippen LogP contribution in [-0.4, -0.2) is 19.5 Å². The van der Waals surface area contributed by atoms with Gasteiger partial charge >= 0.3 is 0 Å². The molecule has 0 saturated carbocycles. The number of hydrogen-bond donors (Lipinski definition) is 0. The molecule has 10 aromatic rings. The third kappa shape index (κ3) is 6.17. The highest BCUT2D eigenvalue weighted by molar-refractivity contribution is 6.09.